The third-order valence-corrected chi connectivity index (χ3v) is 2.26. The molecule has 60 valence electrons. The fourth-order valence-electron chi connectivity index (χ4n) is 1.39. The highest BCUT2D eigenvalue weighted by Crippen LogP contribution is 2.16. The molecule has 2 bridgehead atoms. The molecule has 1 heterocycles. The molecule has 1 nitrogen and oxygen atoms in total. The second-order valence-corrected chi connectivity index (χ2v) is 3.16. The number of allylic oxidation sites excluding steroid dienone is 3. The lowest BCUT2D eigenvalue weighted by molar-refractivity contribution is -0.673. The Kier molecular flexibility index (Phi) is 1.58. The zero-order valence-corrected chi connectivity index (χ0v) is 7.41. The van der Waals surface area contributed by atoms with Crippen LogP contribution in [0.5, 0.6) is 0 Å². The van der Waals surface area contributed by atoms with Crippen LogP contribution in [0.4, 0.5) is 0 Å². The molecule has 0 radical (unpaired) electrons. The highest BCUT2D eigenvalue weighted by molar-refractivity contribution is 5.69. The van der Waals surface area contributed by atoms with E-state index in [2.05, 4.69) is 55.1 Å². The van der Waals surface area contributed by atoms with Crippen molar-refractivity contribution >= 4 is 11.6 Å². The van der Waals surface area contributed by atoms with Gasteiger partial charge in [-0.2, -0.15) is 0 Å². The van der Waals surface area contributed by atoms with E-state index >= 15 is 0 Å². The molecule has 0 amide bonds. The lowest BCUT2D eigenvalue weighted by Gasteiger charge is -1.98. The number of aryl methyl sites for hydroxylation is 1. The summed E-state index contributed by atoms with van der Waals surface area (Å²) >= 11 is 0. The third kappa shape index (κ3) is 1.07. The largest absolute Gasteiger partial charge is 0.205 e. The molecule has 1 aliphatic rings. The summed E-state index contributed by atoms with van der Waals surface area (Å²) in [4.78, 5) is 0. The van der Waals surface area contributed by atoms with Gasteiger partial charge in [0.1, 0.15) is 7.05 Å². The minimum absolute atomic E-state index is 1.25. The third-order valence-electron chi connectivity index (χ3n) is 2.26. The molecular weight excluding hydrogens is 146 g/mol. The van der Waals surface area contributed by atoms with Gasteiger partial charge in [-0.15, -0.1) is 0 Å². The average Bonchev–Trinajstić information content (AvgIpc) is 2.21. The normalized spacial score (nSPS) is 14.0. The van der Waals surface area contributed by atoms with Gasteiger partial charge in [-0.3, -0.25) is 0 Å². The predicted octanol–water partition coefficient (Wildman–Crippen LogP) is 1.94. The van der Waals surface area contributed by atoms with Crippen LogP contribution in [0.3, 0.4) is 0 Å². The molecule has 0 atom stereocenters. The number of fused-ring (bicyclic) bond motifs is 2. The SMILES string of the molecule is CC1=CC=Cc2cc1cc[n+]2C. The van der Waals surface area contributed by atoms with Crippen LogP contribution in [0, 0.1) is 0 Å². The van der Waals surface area contributed by atoms with E-state index in [0.717, 1.165) is 0 Å². The van der Waals surface area contributed by atoms with Crippen molar-refractivity contribution in [1.82, 2.24) is 0 Å². The number of pyridine rings is 1. The van der Waals surface area contributed by atoms with Gasteiger partial charge in [0, 0.05) is 18.2 Å². The van der Waals surface area contributed by atoms with Crippen LogP contribution in [0.25, 0.3) is 11.6 Å². The fourth-order valence-corrected chi connectivity index (χ4v) is 1.39. The molecule has 0 unspecified atom stereocenters. The number of nitrogens with zero attached hydrogens (tertiary/aromatic N) is 1. The average molecular weight is 158 g/mol. The summed E-state index contributed by atoms with van der Waals surface area (Å²) in [6.45, 7) is 2.13. The van der Waals surface area contributed by atoms with Crippen molar-refractivity contribution in [3.8, 4) is 0 Å². The van der Waals surface area contributed by atoms with Crippen molar-refractivity contribution in [3.63, 3.8) is 0 Å². The van der Waals surface area contributed by atoms with Crippen LogP contribution in [0.15, 0.2) is 30.5 Å². The quantitative estimate of drug-likeness (QED) is 0.508. The van der Waals surface area contributed by atoms with Crippen LogP contribution in [-0.4, -0.2) is 0 Å². The summed E-state index contributed by atoms with van der Waals surface area (Å²) in [5.74, 6) is 0. The molecule has 1 heteroatoms. The Morgan fingerprint density at radius 1 is 1.33 bits per heavy atom. The lowest BCUT2D eigenvalue weighted by Crippen LogP contribution is -2.30. The summed E-state index contributed by atoms with van der Waals surface area (Å²) in [7, 11) is 2.06. The maximum absolute atomic E-state index is 2.20. The van der Waals surface area contributed by atoms with E-state index in [9.17, 15) is 0 Å². The van der Waals surface area contributed by atoms with Crippen molar-refractivity contribution in [1.29, 1.82) is 0 Å². The first-order valence-electron chi connectivity index (χ1n) is 4.12. The molecule has 0 fully saturated rings. The Labute approximate surface area is 72.7 Å². The Morgan fingerprint density at radius 3 is 3.00 bits per heavy atom. The van der Waals surface area contributed by atoms with Crippen LogP contribution in [0.2, 0.25) is 0 Å². The maximum atomic E-state index is 2.20. The van der Waals surface area contributed by atoms with Gasteiger partial charge in [0.05, 0.1) is 0 Å². The smallest absolute Gasteiger partial charge is 0.201 e. The van der Waals surface area contributed by atoms with Gasteiger partial charge in [-0.05, 0) is 18.1 Å². The minimum atomic E-state index is 1.25. The Bertz CT molecular complexity index is 373. The van der Waals surface area contributed by atoms with Gasteiger partial charge < -0.3 is 0 Å². The number of rotatable bonds is 0. The fraction of sp³-hybridized carbons (Fsp3) is 0.182. The van der Waals surface area contributed by atoms with E-state index in [1.807, 2.05) is 0 Å². The first-order valence-corrected chi connectivity index (χ1v) is 4.12. The van der Waals surface area contributed by atoms with Crippen molar-refractivity contribution in [2.45, 2.75) is 6.92 Å². The van der Waals surface area contributed by atoms with Gasteiger partial charge in [0.2, 0.25) is 5.69 Å². The summed E-state index contributed by atoms with van der Waals surface area (Å²) in [5.41, 5.74) is 3.89. The van der Waals surface area contributed by atoms with E-state index in [4.69, 9.17) is 0 Å². The molecule has 2 rings (SSSR count). The standard InChI is InChI=1S/C11H12N/c1-9-4-3-5-11-8-10(9)6-7-12(11)2/h3-8H,1-2H3/q+1. The number of aromatic nitrogens is 1. The van der Waals surface area contributed by atoms with Gasteiger partial charge in [0.25, 0.3) is 0 Å². The monoisotopic (exact) mass is 158 g/mol. The highest BCUT2D eigenvalue weighted by atomic mass is 14.9. The van der Waals surface area contributed by atoms with E-state index in [1.165, 1.54) is 16.8 Å². The molecule has 0 aliphatic heterocycles. The van der Waals surface area contributed by atoms with Crippen LogP contribution in [0.1, 0.15) is 18.2 Å². The zero-order chi connectivity index (χ0) is 8.55. The topological polar surface area (TPSA) is 3.88 Å². The molecule has 1 aliphatic carbocycles. The second kappa shape index (κ2) is 2.59. The lowest BCUT2D eigenvalue weighted by atomic mass is 10.1. The number of hydrogen-bond donors (Lipinski definition) is 0. The van der Waals surface area contributed by atoms with Crippen LogP contribution in [-0.2, 0) is 7.05 Å². The molecule has 1 aromatic rings. The molecule has 0 spiro atoms. The van der Waals surface area contributed by atoms with Gasteiger partial charge in [-0.25, -0.2) is 4.57 Å². The molecule has 0 aromatic carbocycles. The van der Waals surface area contributed by atoms with Crippen molar-refractivity contribution in [3.05, 3.63) is 41.7 Å². The maximum Gasteiger partial charge on any atom is 0.205 e. The molecule has 0 saturated heterocycles. The van der Waals surface area contributed by atoms with Crippen LogP contribution < -0.4 is 4.57 Å². The molecular formula is C11H12N+. The van der Waals surface area contributed by atoms with E-state index in [-0.39, 0.29) is 0 Å². The summed E-state index contributed by atoms with van der Waals surface area (Å²) in [6, 6.07) is 4.34. The van der Waals surface area contributed by atoms with E-state index in [1.54, 1.807) is 0 Å². The summed E-state index contributed by atoms with van der Waals surface area (Å²) in [6.07, 6.45) is 8.46. The van der Waals surface area contributed by atoms with E-state index < -0.39 is 0 Å². The van der Waals surface area contributed by atoms with Gasteiger partial charge >= 0.3 is 0 Å². The predicted molar refractivity (Wildman–Crippen MR) is 50.3 cm³/mol. The molecule has 1 aromatic heterocycles. The van der Waals surface area contributed by atoms with Crippen molar-refractivity contribution in [2.75, 3.05) is 0 Å². The Balaban J connectivity index is 2.68. The van der Waals surface area contributed by atoms with Gasteiger partial charge in [0.15, 0.2) is 6.20 Å². The Morgan fingerprint density at radius 2 is 2.17 bits per heavy atom. The zero-order valence-electron chi connectivity index (χ0n) is 7.41. The van der Waals surface area contributed by atoms with E-state index in [0.29, 0.717) is 0 Å². The second-order valence-electron chi connectivity index (χ2n) is 3.16. The first-order chi connectivity index (χ1) is 5.77. The summed E-state index contributed by atoms with van der Waals surface area (Å²) < 4.78 is 2.12. The molecule has 0 N–H and O–H groups in total. The van der Waals surface area contributed by atoms with Crippen molar-refractivity contribution < 1.29 is 4.57 Å². The minimum Gasteiger partial charge on any atom is -0.201 e. The first kappa shape index (κ1) is 7.29. The van der Waals surface area contributed by atoms with Crippen molar-refractivity contribution in [2.24, 2.45) is 7.05 Å². The van der Waals surface area contributed by atoms with Crippen LogP contribution >= 0.6 is 0 Å². The number of hydrogen-bond acceptors (Lipinski definition) is 0. The Hall–Kier alpha value is -1.37. The van der Waals surface area contributed by atoms with Gasteiger partial charge in [-0.1, -0.05) is 12.2 Å². The summed E-state index contributed by atoms with van der Waals surface area (Å²) in [5, 5.41) is 0. The highest BCUT2D eigenvalue weighted by Gasteiger charge is 2.07. The molecule has 12 heavy (non-hydrogen) atoms. The molecule has 0 saturated carbocycles.